The highest BCUT2D eigenvalue weighted by atomic mass is 35.5. The number of anilines is 1. The number of rotatable bonds is 3. The van der Waals surface area contributed by atoms with Gasteiger partial charge in [-0.05, 0) is 42.5 Å². The molecule has 4 N–H and O–H groups in total. The van der Waals surface area contributed by atoms with Crippen LogP contribution in [0.5, 0.6) is 0 Å². The number of pyridine rings is 1. The van der Waals surface area contributed by atoms with Crippen LogP contribution in [0.3, 0.4) is 0 Å². The Morgan fingerprint density at radius 1 is 0.923 bits per heavy atom. The smallest absolute Gasteiger partial charge is 0.253 e. The molecule has 4 rings (SSSR count). The zero-order chi connectivity index (χ0) is 17.9. The lowest BCUT2D eigenvalue weighted by atomic mass is 10.1. The minimum absolute atomic E-state index is 0.123. The third kappa shape index (κ3) is 3.38. The average molecular weight is 367 g/mol. The van der Waals surface area contributed by atoms with Crippen molar-refractivity contribution in [3.05, 3.63) is 76.1 Å². The standard InChI is InChI=1S/C18H15ClN6O/c19-13-1-3-15-11(6-13)5-12(18(26)25-15)8-20-14-2-4-16-17(7-14)22-10-24-23-9-21-16/h1-7,9-10,20H,8H2,(H,21,23)(H,22,24)(H,25,26). The Kier molecular flexibility index (Phi) is 4.28. The van der Waals surface area contributed by atoms with Crippen molar-refractivity contribution in [3.8, 4) is 0 Å². The second kappa shape index (κ2) is 6.89. The molecule has 0 fully saturated rings. The van der Waals surface area contributed by atoms with Gasteiger partial charge in [0.1, 0.15) is 12.7 Å². The fourth-order valence-corrected chi connectivity index (χ4v) is 2.89. The second-order valence-electron chi connectivity index (χ2n) is 5.75. The molecule has 4 aromatic rings. The summed E-state index contributed by atoms with van der Waals surface area (Å²) in [4.78, 5) is 21.2. The van der Waals surface area contributed by atoms with Gasteiger partial charge in [-0.2, -0.15) is 0 Å². The highest BCUT2D eigenvalue weighted by Gasteiger charge is 2.04. The Bertz CT molecular complexity index is 1190. The van der Waals surface area contributed by atoms with Crippen LogP contribution in [0.2, 0.25) is 5.02 Å². The Hall–Kier alpha value is -3.32. The first-order valence-corrected chi connectivity index (χ1v) is 8.33. The van der Waals surface area contributed by atoms with Gasteiger partial charge in [0, 0.05) is 33.7 Å². The Morgan fingerprint density at radius 2 is 1.69 bits per heavy atom. The van der Waals surface area contributed by atoms with E-state index in [1.807, 2.05) is 30.3 Å². The van der Waals surface area contributed by atoms with Crippen molar-refractivity contribution in [2.75, 3.05) is 5.32 Å². The van der Waals surface area contributed by atoms with Crippen molar-refractivity contribution >= 4 is 39.2 Å². The predicted molar refractivity (Wildman–Crippen MR) is 103 cm³/mol. The van der Waals surface area contributed by atoms with E-state index in [1.54, 1.807) is 12.1 Å². The highest BCUT2D eigenvalue weighted by molar-refractivity contribution is 6.31. The lowest BCUT2D eigenvalue weighted by molar-refractivity contribution is 0.981. The summed E-state index contributed by atoms with van der Waals surface area (Å²) < 4.78 is 0. The van der Waals surface area contributed by atoms with Crippen molar-refractivity contribution < 1.29 is 0 Å². The molecule has 0 unspecified atom stereocenters. The van der Waals surface area contributed by atoms with E-state index < -0.39 is 0 Å². The number of fused-ring (bicyclic) bond motifs is 2. The van der Waals surface area contributed by atoms with Gasteiger partial charge in [-0.1, -0.05) is 11.6 Å². The molecule has 0 bridgehead atoms. The molecule has 0 saturated heterocycles. The first-order chi connectivity index (χ1) is 12.7. The highest BCUT2D eigenvalue weighted by Crippen LogP contribution is 2.18. The van der Waals surface area contributed by atoms with Crippen LogP contribution in [0.15, 0.2) is 59.9 Å². The van der Waals surface area contributed by atoms with Crippen LogP contribution < -0.4 is 10.9 Å². The van der Waals surface area contributed by atoms with Gasteiger partial charge in [0.05, 0.1) is 11.0 Å². The van der Waals surface area contributed by atoms with E-state index in [2.05, 4.69) is 30.5 Å². The fourth-order valence-electron chi connectivity index (χ4n) is 2.71. The van der Waals surface area contributed by atoms with Gasteiger partial charge in [-0.3, -0.25) is 4.79 Å². The van der Waals surface area contributed by atoms with Crippen LogP contribution >= 0.6 is 11.6 Å². The van der Waals surface area contributed by atoms with Gasteiger partial charge in [0.15, 0.2) is 0 Å². The summed E-state index contributed by atoms with van der Waals surface area (Å²) in [7, 11) is 0. The van der Waals surface area contributed by atoms with Gasteiger partial charge < -0.3 is 20.3 Å². The van der Waals surface area contributed by atoms with Gasteiger partial charge in [0.25, 0.3) is 5.56 Å². The molecule has 0 atom stereocenters. The van der Waals surface area contributed by atoms with E-state index in [4.69, 9.17) is 11.6 Å². The number of H-pyrrole nitrogens is 3. The quantitative estimate of drug-likeness (QED) is 0.445. The van der Waals surface area contributed by atoms with Crippen LogP contribution in [0, 0.1) is 0 Å². The number of benzene rings is 2. The maximum absolute atomic E-state index is 12.3. The normalized spacial score (nSPS) is 10.8. The summed E-state index contributed by atoms with van der Waals surface area (Å²) in [5, 5.41) is 12.4. The fraction of sp³-hybridized carbons (Fsp3) is 0.0556. The number of hydrogen-bond donors (Lipinski definition) is 4. The first kappa shape index (κ1) is 16.2. The van der Waals surface area contributed by atoms with E-state index in [0.29, 0.717) is 17.1 Å². The number of hydrogen-bond acceptors (Lipinski definition) is 4. The molecule has 0 aliphatic rings. The van der Waals surface area contributed by atoms with E-state index in [0.717, 1.165) is 27.6 Å². The summed E-state index contributed by atoms with van der Waals surface area (Å²) in [5.74, 6) is 0. The number of nitrogens with one attached hydrogen (secondary N) is 4. The number of halogens is 1. The summed E-state index contributed by atoms with van der Waals surface area (Å²) in [6.45, 7) is 0.388. The van der Waals surface area contributed by atoms with Crippen LogP contribution in [0.1, 0.15) is 5.56 Å². The van der Waals surface area contributed by atoms with E-state index in [1.165, 1.54) is 12.7 Å². The molecule has 0 amide bonds. The van der Waals surface area contributed by atoms with Crippen molar-refractivity contribution in [1.82, 2.24) is 25.1 Å². The third-order valence-electron chi connectivity index (χ3n) is 4.01. The first-order valence-electron chi connectivity index (χ1n) is 7.95. The summed E-state index contributed by atoms with van der Waals surface area (Å²) in [5.41, 5.74) is 3.87. The molecule has 2 heterocycles. The molecule has 130 valence electrons. The minimum atomic E-state index is -0.123. The van der Waals surface area contributed by atoms with Crippen molar-refractivity contribution in [3.63, 3.8) is 0 Å². The van der Waals surface area contributed by atoms with Gasteiger partial charge in [-0.25, -0.2) is 0 Å². The van der Waals surface area contributed by atoms with Crippen molar-refractivity contribution in [2.24, 2.45) is 0 Å². The van der Waals surface area contributed by atoms with Gasteiger partial charge in [0.2, 0.25) is 0 Å². The molecule has 2 aromatic carbocycles. The van der Waals surface area contributed by atoms with Crippen LogP contribution in [-0.4, -0.2) is 25.1 Å². The van der Waals surface area contributed by atoms with Gasteiger partial charge >= 0.3 is 0 Å². The topological polar surface area (TPSA) is 102 Å². The molecule has 8 heteroatoms. The Labute approximate surface area is 152 Å². The molecule has 0 radical (unpaired) electrons. The lowest BCUT2D eigenvalue weighted by Gasteiger charge is -2.08. The zero-order valence-electron chi connectivity index (χ0n) is 13.6. The second-order valence-corrected chi connectivity index (χ2v) is 6.18. The van der Waals surface area contributed by atoms with E-state index in [-0.39, 0.29) is 5.56 Å². The Morgan fingerprint density at radius 3 is 2.54 bits per heavy atom. The lowest BCUT2D eigenvalue weighted by Crippen LogP contribution is -2.15. The monoisotopic (exact) mass is 366 g/mol. The molecule has 0 aliphatic heterocycles. The third-order valence-corrected chi connectivity index (χ3v) is 4.24. The zero-order valence-corrected chi connectivity index (χ0v) is 14.3. The maximum Gasteiger partial charge on any atom is 0.253 e. The molecule has 2 aromatic heterocycles. The molecule has 0 aliphatic carbocycles. The maximum atomic E-state index is 12.3. The molecular weight excluding hydrogens is 352 g/mol. The predicted octanol–water partition coefficient (Wildman–Crippen LogP) is 3.52. The summed E-state index contributed by atoms with van der Waals surface area (Å²) in [6, 6.07) is 13.0. The number of aromatic nitrogens is 5. The van der Waals surface area contributed by atoms with Gasteiger partial charge in [-0.15, -0.1) is 10.2 Å². The molecule has 7 nitrogen and oxygen atoms in total. The molecule has 0 saturated carbocycles. The summed E-state index contributed by atoms with van der Waals surface area (Å²) in [6.07, 6.45) is 3.03. The number of nitrogens with zero attached hydrogens (tertiary/aromatic N) is 2. The van der Waals surface area contributed by atoms with Crippen LogP contribution in [0.25, 0.3) is 21.9 Å². The Balaban J connectivity index is 1.64. The van der Waals surface area contributed by atoms with Crippen molar-refractivity contribution in [1.29, 1.82) is 0 Å². The largest absolute Gasteiger partial charge is 0.381 e. The average Bonchev–Trinajstić information content (AvgIpc) is 2.61. The number of aromatic amines is 3. The van der Waals surface area contributed by atoms with E-state index in [9.17, 15) is 4.79 Å². The van der Waals surface area contributed by atoms with Crippen LogP contribution in [0.4, 0.5) is 5.69 Å². The minimum Gasteiger partial charge on any atom is -0.381 e. The van der Waals surface area contributed by atoms with E-state index >= 15 is 0 Å². The SMILES string of the molecule is O=c1[nH]c2ccc(Cl)cc2cc1CNc1ccc2[nH]cnnc[nH]c2c1. The molecule has 0 spiro atoms. The van der Waals surface area contributed by atoms with Crippen molar-refractivity contribution in [2.45, 2.75) is 6.54 Å². The molecule has 26 heavy (non-hydrogen) atoms. The van der Waals surface area contributed by atoms with Crippen LogP contribution in [-0.2, 0) is 6.54 Å². The molecular formula is C18H15ClN6O. The summed E-state index contributed by atoms with van der Waals surface area (Å²) >= 11 is 6.04.